The van der Waals surface area contributed by atoms with Gasteiger partial charge in [0.15, 0.2) is 5.82 Å². The van der Waals surface area contributed by atoms with Gasteiger partial charge in [0.1, 0.15) is 17.2 Å². The van der Waals surface area contributed by atoms with Gasteiger partial charge in [-0.3, -0.25) is 4.79 Å². The number of Topliss-reactive ketones (excluding diaryl/α,β-unsaturated/α-hetero) is 1. The summed E-state index contributed by atoms with van der Waals surface area (Å²) < 4.78 is 73.3. The molecule has 0 aliphatic carbocycles. The fourth-order valence-corrected chi connectivity index (χ4v) is 1.23. The lowest BCUT2D eigenvalue weighted by Gasteiger charge is -2.08. The first kappa shape index (κ1) is 13.0. The fraction of sp³-hybridized carbons (Fsp3) is 0.125. The second kappa shape index (κ2) is 4.08. The molecule has 0 fully saturated rings. The minimum atomic E-state index is -5.43. The van der Waals surface area contributed by atoms with Gasteiger partial charge < -0.3 is 0 Å². The van der Waals surface area contributed by atoms with Crippen LogP contribution in [-0.4, -0.2) is 12.0 Å². The van der Waals surface area contributed by atoms with Crippen molar-refractivity contribution in [1.29, 1.82) is 0 Å². The van der Waals surface area contributed by atoms with E-state index >= 15 is 0 Å². The molecule has 0 saturated carbocycles. The van der Waals surface area contributed by atoms with Gasteiger partial charge in [-0.05, 0) is 15.9 Å². The van der Waals surface area contributed by atoms with E-state index in [0.717, 1.165) is 0 Å². The van der Waals surface area contributed by atoms with Crippen LogP contribution in [-0.2, 0) is 0 Å². The van der Waals surface area contributed by atoms with Crippen LogP contribution < -0.4 is 0 Å². The Labute approximate surface area is 93.2 Å². The number of carbonyl (C=O) groups excluding carboxylic acids is 1. The van der Waals surface area contributed by atoms with E-state index in [1.54, 1.807) is 0 Å². The highest BCUT2D eigenvalue weighted by Crippen LogP contribution is 2.30. The summed E-state index contributed by atoms with van der Waals surface area (Å²) in [5, 5.41) is 0. The van der Waals surface area contributed by atoms with Crippen molar-refractivity contribution < 1.29 is 31.1 Å². The van der Waals surface area contributed by atoms with Crippen molar-refractivity contribution in [3.63, 3.8) is 0 Å². The van der Waals surface area contributed by atoms with E-state index in [-0.39, 0.29) is 6.07 Å². The minimum absolute atomic E-state index is 0.00780. The molecule has 1 nitrogen and oxygen atoms in total. The van der Waals surface area contributed by atoms with E-state index in [9.17, 15) is 31.1 Å². The molecule has 16 heavy (non-hydrogen) atoms. The lowest BCUT2D eigenvalue weighted by molar-refractivity contribution is -0.0890. The van der Waals surface area contributed by atoms with E-state index in [1.807, 2.05) is 0 Å². The maximum absolute atomic E-state index is 13.1. The number of alkyl halides is 3. The van der Waals surface area contributed by atoms with Gasteiger partial charge in [-0.15, -0.1) is 0 Å². The number of halogens is 7. The summed E-state index contributed by atoms with van der Waals surface area (Å²) in [4.78, 5) is 10.6. The smallest absolute Gasteiger partial charge is 0.284 e. The molecule has 0 bridgehead atoms. The zero-order chi connectivity index (χ0) is 12.7. The number of hydrogen-bond donors (Lipinski definition) is 0. The largest absolute Gasteiger partial charge is 0.455 e. The summed E-state index contributed by atoms with van der Waals surface area (Å²) in [6.45, 7) is 0. The highest BCUT2D eigenvalue weighted by molar-refractivity contribution is 9.10. The van der Waals surface area contributed by atoms with E-state index in [0.29, 0.717) is 0 Å². The third kappa shape index (κ3) is 2.21. The summed E-state index contributed by atoms with van der Waals surface area (Å²) in [5.41, 5.74) is -1.83. The standard InChI is InChI=1S/C8HBrF6O/c9-5-3(11)1-2(10)4(6(5)12)7(16)8(13,14)15/h1H. The van der Waals surface area contributed by atoms with Crippen LogP contribution in [0.2, 0.25) is 0 Å². The Morgan fingerprint density at radius 2 is 1.62 bits per heavy atom. The Hall–Kier alpha value is -1.05. The van der Waals surface area contributed by atoms with Gasteiger partial charge in [0.05, 0.1) is 4.47 Å². The quantitative estimate of drug-likeness (QED) is 0.335. The Balaban J connectivity index is 3.47. The normalized spacial score (nSPS) is 11.7. The molecule has 88 valence electrons. The molecule has 0 unspecified atom stereocenters. The second-order valence-electron chi connectivity index (χ2n) is 2.67. The van der Waals surface area contributed by atoms with Crippen molar-refractivity contribution in [2.24, 2.45) is 0 Å². The predicted molar refractivity (Wildman–Crippen MR) is 44.4 cm³/mol. The van der Waals surface area contributed by atoms with Gasteiger partial charge in [0.25, 0.3) is 5.78 Å². The molecule has 0 amide bonds. The topological polar surface area (TPSA) is 17.1 Å². The van der Waals surface area contributed by atoms with Crippen LogP contribution in [0, 0.1) is 17.5 Å². The minimum Gasteiger partial charge on any atom is -0.284 e. The van der Waals surface area contributed by atoms with Crippen LogP contribution >= 0.6 is 15.9 Å². The van der Waals surface area contributed by atoms with Crippen molar-refractivity contribution in [3.05, 3.63) is 33.6 Å². The van der Waals surface area contributed by atoms with Crippen LogP contribution in [0.3, 0.4) is 0 Å². The van der Waals surface area contributed by atoms with Crippen molar-refractivity contribution in [3.8, 4) is 0 Å². The molecule has 0 heterocycles. The number of carbonyl (C=O) groups is 1. The SMILES string of the molecule is O=C(c1c(F)cc(F)c(Br)c1F)C(F)(F)F. The second-order valence-corrected chi connectivity index (χ2v) is 3.46. The number of benzene rings is 1. The Morgan fingerprint density at radius 3 is 2.06 bits per heavy atom. The molecule has 1 aromatic carbocycles. The Bertz CT molecular complexity index is 453. The van der Waals surface area contributed by atoms with Crippen molar-refractivity contribution in [1.82, 2.24) is 0 Å². The molecule has 0 N–H and O–H groups in total. The molecule has 0 aliphatic heterocycles. The van der Waals surface area contributed by atoms with E-state index < -0.39 is 39.4 Å². The molecule has 0 atom stereocenters. The molecule has 1 aromatic rings. The maximum atomic E-state index is 13.1. The third-order valence-corrected chi connectivity index (χ3v) is 2.33. The lowest BCUT2D eigenvalue weighted by atomic mass is 10.1. The molecule has 0 spiro atoms. The Kier molecular flexibility index (Phi) is 3.32. The molecular formula is C8HBrF6O. The summed E-state index contributed by atoms with van der Waals surface area (Å²) in [6, 6.07) is -0.00780. The first-order valence-corrected chi connectivity index (χ1v) is 4.40. The molecule has 8 heteroatoms. The average molecular weight is 307 g/mol. The molecule has 0 aliphatic rings. The number of hydrogen-bond acceptors (Lipinski definition) is 1. The molecule has 0 radical (unpaired) electrons. The van der Waals surface area contributed by atoms with Crippen LogP contribution in [0.1, 0.15) is 10.4 Å². The average Bonchev–Trinajstić information content (AvgIpc) is 2.13. The number of rotatable bonds is 1. The Morgan fingerprint density at radius 1 is 1.12 bits per heavy atom. The van der Waals surface area contributed by atoms with Gasteiger partial charge in [-0.2, -0.15) is 13.2 Å². The van der Waals surface area contributed by atoms with Gasteiger partial charge in [-0.1, -0.05) is 0 Å². The lowest BCUT2D eigenvalue weighted by Crippen LogP contribution is -2.25. The van der Waals surface area contributed by atoms with Gasteiger partial charge >= 0.3 is 6.18 Å². The van der Waals surface area contributed by atoms with Gasteiger partial charge in [0.2, 0.25) is 0 Å². The van der Waals surface area contributed by atoms with Crippen molar-refractivity contribution >= 4 is 21.7 Å². The van der Waals surface area contributed by atoms with Crippen LogP contribution in [0.15, 0.2) is 10.5 Å². The third-order valence-electron chi connectivity index (χ3n) is 1.60. The highest BCUT2D eigenvalue weighted by Gasteiger charge is 2.43. The molecule has 0 aromatic heterocycles. The van der Waals surface area contributed by atoms with Crippen LogP contribution in [0.25, 0.3) is 0 Å². The molecule has 0 saturated heterocycles. The summed E-state index contributed by atoms with van der Waals surface area (Å²) in [6.07, 6.45) is -5.43. The first-order chi connectivity index (χ1) is 7.16. The summed E-state index contributed by atoms with van der Waals surface area (Å²) in [7, 11) is 0. The van der Waals surface area contributed by atoms with Gasteiger partial charge in [-0.25, -0.2) is 13.2 Å². The summed E-state index contributed by atoms with van der Waals surface area (Å²) in [5.74, 6) is -7.96. The molecule has 1 rings (SSSR count). The van der Waals surface area contributed by atoms with Crippen molar-refractivity contribution in [2.75, 3.05) is 0 Å². The first-order valence-electron chi connectivity index (χ1n) is 3.60. The fourth-order valence-electron chi connectivity index (χ4n) is 0.916. The zero-order valence-corrected chi connectivity index (χ0v) is 8.72. The van der Waals surface area contributed by atoms with Crippen LogP contribution in [0.4, 0.5) is 26.3 Å². The predicted octanol–water partition coefficient (Wildman–Crippen LogP) is 3.61. The maximum Gasteiger partial charge on any atom is 0.455 e. The van der Waals surface area contributed by atoms with Crippen LogP contribution in [0.5, 0.6) is 0 Å². The summed E-state index contributed by atoms with van der Waals surface area (Å²) >= 11 is 2.26. The molecular weight excluding hydrogens is 306 g/mol. The number of ketones is 1. The highest BCUT2D eigenvalue weighted by atomic mass is 79.9. The zero-order valence-electron chi connectivity index (χ0n) is 7.13. The van der Waals surface area contributed by atoms with E-state index in [1.165, 1.54) is 0 Å². The monoisotopic (exact) mass is 306 g/mol. The van der Waals surface area contributed by atoms with Gasteiger partial charge in [0, 0.05) is 6.07 Å². The van der Waals surface area contributed by atoms with E-state index in [4.69, 9.17) is 0 Å². The van der Waals surface area contributed by atoms with E-state index in [2.05, 4.69) is 15.9 Å². The van der Waals surface area contributed by atoms with Crippen molar-refractivity contribution in [2.45, 2.75) is 6.18 Å².